The second-order valence-electron chi connectivity index (χ2n) is 3.97. The Balaban J connectivity index is 2.40. The Morgan fingerprint density at radius 2 is 2.33 bits per heavy atom. The molecule has 0 unspecified atom stereocenters. The highest BCUT2D eigenvalue weighted by Crippen LogP contribution is 2.37. The summed E-state index contributed by atoms with van der Waals surface area (Å²) < 4.78 is 44.4. The lowest BCUT2D eigenvalue weighted by atomic mass is 10.2. The fourth-order valence-corrected chi connectivity index (χ4v) is 2.80. The quantitative estimate of drug-likeness (QED) is 0.674. The van der Waals surface area contributed by atoms with E-state index in [-0.39, 0.29) is 24.2 Å². The Bertz CT molecular complexity index is 573. The molecule has 1 aromatic rings. The van der Waals surface area contributed by atoms with E-state index in [2.05, 4.69) is 15.1 Å². The van der Waals surface area contributed by atoms with E-state index in [1.54, 1.807) is 5.38 Å². The van der Waals surface area contributed by atoms with Crippen LogP contribution in [-0.2, 0) is 15.4 Å². The molecule has 0 spiro atoms. The van der Waals surface area contributed by atoms with Gasteiger partial charge in [0.2, 0.25) is 5.13 Å². The molecule has 0 aromatic carbocycles. The van der Waals surface area contributed by atoms with Crippen LogP contribution in [0.4, 0.5) is 18.3 Å². The van der Waals surface area contributed by atoms with Crippen molar-refractivity contribution in [1.82, 2.24) is 10.4 Å². The number of halogens is 4. The highest BCUT2D eigenvalue weighted by Gasteiger charge is 2.47. The average Bonchev–Trinajstić information content (AvgIpc) is 3.04. The van der Waals surface area contributed by atoms with Crippen molar-refractivity contribution in [3.63, 3.8) is 0 Å². The molecule has 0 aliphatic carbocycles. The molecule has 0 saturated carbocycles. The first-order valence-electron chi connectivity index (χ1n) is 5.90. The van der Waals surface area contributed by atoms with Crippen LogP contribution < -0.4 is 10.4 Å². The molecule has 1 aliphatic heterocycles. The fraction of sp³-hybridized carbons (Fsp3) is 0.455. The third kappa shape index (κ3) is 3.30. The van der Waals surface area contributed by atoms with Gasteiger partial charge in [-0.2, -0.15) is 13.2 Å². The predicted octanol–water partition coefficient (Wildman–Crippen LogP) is 2.59. The molecule has 0 saturated heterocycles. The van der Waals surface area contributed by atoms with E-state index in [9.17, 15) is 18.0 Å². The molecule has 1 N–H and O–H groups in total. The van der Waals surface area contributed by atoms with Crippen molar-refractivity contribution in [2.24, 2.45) is 0 Å². The molecule has 21 heavy (non-hydrogen) atoms. The number of alkyl halides is 4. The van der Waals surface area contributed by atoms with Crippen molar-refractivity contribution in [2.75, 3.05) is 18.2 Å². The molecule has 2 rings (SSSR count). The van der Waals surface area contributed by atoms with Crippen LogP contribution in [0.2, 0.25) is 0 Å². The zero-order chi connectivity index (χ0) is 15.6. The van der Waals surface area contributed by atoms with Crippen LogP contribution >= 0.6 is 22.9 Å². The van der Waals surface area contributed by atoms with Crippen molar-refractivity contribution < 1.29 is 22.7 Å². The molecule has 1 aliphatic rings. The molecule has 1 aromatic heterocycles. The fourth-order valence-electron chi connectivity index (χ4n) is 1.76. The Hall–Kier alpha value is -1.32. The molecular weight excluding hydrogens is 331 g/mol. The number of thiazole rings is 1. The maximum Gasteiger partial charge on any atom is 0.433 e. The molecule has 0 atom stereocenters. The zero-order valence-electron chi connectivity index (χ0n) is 10.8. The maximum atomic E-state index is 13.2. The van der Waals surface area contributed by atoms with Gasteiger partial charge in [-0.1, -0.05) is 0 Å². The minimum absolute atomic E-state index is 0.00111. The third-order valence-electron chi connectivity index (χ3n) is 2.58. The topological polar surface area (TPSA) is 54.5 Å². The minimum Gasteiger partial charge on any atom is -0.463 e. The van der Waals surface area contributed by atoms with E-state index in [0.717, 1.165) is 16.3 Å². The van der Waals surface area contributed by atoms with Crippen molar-refractivity contribution in [2.45, 2.75) is 19.0 Å². The van der Waals surface area contributed by atoms with Crippen molar-refractivity contribution >= 4 is 34.0 Å². The van der Waals surface area contributed by atoms with Crippen LogP contribution in [0.1, 0.15) is 12.6 Å². The number of rotatable bonds is 4. The Labute approximate surface area is 127 Å². The van der Waals surface area contributed by atoms with E-state index in [4.69, 9.17) is 11.6 Å². The summed E-state index contributed by atoms with van der Waals surface area (Å²) in [6.07, 6.45) is -4.71. The van der Waals surface area contributed by atoms with E-state index in [1.165, 1.54) is 6.92 Å². The third-order valence-corrected chi connectivity index (χ3v) is 3.73. The second kappa shape index (κ2) is 6.20. The molecule has 0 fully saturated rings. The molecule has 2 heterocycles. The first-order valence-corrected chi connectivity index (χ1v) is 7.31. The molecule has 10 heteroatoms. The number of hydrogen-bond acceptors (Lipinski definition) is 6. The summed E-state index contributed by atoms with van der Waals surface area (Å²) in [6.45, 7) is 1.25. The van der Waals surface area contributed by atoms with Gasteiger partial charge in [-0.15, -0.1) is 22.9 Å². The van der Waals surface area contributed by atoms with E-state index >= 15 is 0 Å². The average molecular weight is 342 g/mol. The standard InChI is InChI=1S/C11H11ClF3N3O2S/c1-2-20-9(19)7-4-16-18(8(7)11(13,14)15)10-17-6(3-12)5-21-10/h5,16H,2-4H2,1H3. The van der Waals surface area contributed by atoms with E-state index in [0.29, 0.717) is 5.69 Å². The molecule has 0 radical (unpaired) electrons. The Morgan fingerprint density at radius 3 is 2.86 bits per heavy atom. The number of hydrazine groups is 1. The minimum atomic E-state index is -4.71. The van der Waals surface area contributed by atoms with Gasteiger partial charge in [0.1, 0.15) is 0 Å². The SMILES string of the molecule is CCOC(=O)C1=C(C(F)(F)F)N(c2nc(CCl)cs2)NC1. The maximum absolute atomic E-state index is 13.2. The number of hydrogen-bond donors (Lipinski definition) is 1. The normalized spacial score (nSPS) is 15.8. The van der Waals surface area contributed by atoms with Crippen LogP contribution in [0.5, 0.6) is 0 Å². The number of nitrogens with zero attached hydrogens (tertiary/aromatic N) is 2. The Morgan fingerprint density at radius 1 is 1.62 bits per heavy atom. The summed E-state index contributed by atoms with van der Waals surface area (Å²) in [5.41, 5.74) is 1.40. The molecule has 5 nitrogen and oxygen atoms in total. The van der Waals surface area contributed by atoms with Crippen LogP contribution in [0.15, 0.2) is 16.7 Å². The second-order valence-corrected chi connectivity index (χ2v) is 5.07. The van der Waals surface area contributed by atoms with Gasteiger partial charge in [0.15, 0.2) is 5.70 Å². The number of ether oxygens (including phenoxy) is 1. The predicted molar refractivity (Wildman–Crippen MR) is 71.9 cm³/mol. The van der Waals surface area contributed by atoms with Gasteiger partial charge in [0, 0.05) is 11.9 Å². The lowest BCUT2D eigenvalue weighted by Crippen LogP contribution is -2.36. The number of aromatic nitrogens is 1. The van der Waals surface area contributed by atoms with Crippen LogP contribution in [0.3, 0.4) is 0 Å². The van der Waals surface area contributed by atoms with Gasteiger partial charge in [0.05, 0.1) is 23.8 Å². The van der Waals surface area contributed by atoms with Gasteiger partial charge in [0.25, 0.3) is 0 Å². The molecule has 116 valence electrons. The van der Waals surface area contributed by atoms with Gasteiger partial charge >= 0.3 is 12.1 Å². The zero-order valence-corrected chi connectivity index (χ0v) is 12.4. The number of carbonyl (C=O) groups excluding carboxylic acids is 1. The molecule has 0 amide bonds. The summed E-state index contributed by atoms with van der Waals surface area (Å²) in [4.78, 5) is 15.6. The summed E-state index contributed by atoms with van der Waals surface area (Å²) in [6, 6.07) is 0. The van der Waals surface area contributed by atoms with Gasteiger partial charge in [-0.3, -0.25) is 0 Å². The molecule has 0 bridgehead atoms. The number of esters is 1. The number of carbonyl (C=O) groups is 1. The summed E-state index contributed by atoms with van der Waals surface area (Å²) in [5.74, 6) is -0.894. The number of nitrogens with one attached hydrogen (secondary N) is 1. The van der Waals surface area contributed by atoms with Gasteiger partial charge in [-0.25, -0.2) is 20.2 Å². The van der Waals surface area contributed by atoms with E-state index < -0.39 is 23.4 Å². The number of allylic oxidation sites excluding steroid dienone is 1. The smallest absolute Gasteiger partial charge is 0.433 e. The highest BCUT2D eigenvalue weighted by atomic mass is 35.5. The molecular formula is C11H11ClF3N3O2S. The largest absolute Gasteiger partial charge is 0.463 e. The summed E-state index contributed by atoms with van der Waals surface area (Å²) >= 11 is 6.59. The lowest BCUT2D eigenvalue weighted by Gasteiger charge is -2.21. The van der Waals surface area contributed by atoms with Crippen molar-refractivity contribution in [1.29, 1.82) is 0 Å². The van der Waals surface area contributed by atoms with Gasteiger partial charge in [-0.05, 0) is 6.92 Å². The van der Waals surface area contributed by atoms with Crippen LogP contribution in [0, 0.1) is 0 Å². The first-order chi connectivity index (χ1) is 9.88. The van der Waals surface area contributed by atoms with Crippen LogP contribution in [-0.4, -0.2) is 30.3 Å². The van der Waals surface area contributed by atoms with Crippen molar-refractivity contribution in [3.8, 4) is 0 Å². The highest BCUT2D eigenvalue weighted by molar-refractivity contribution is 7.13. The van der Waals surface area contributed by atoms with Crippen LogP contribution in [0.25, 0.3) is 0 Å². The lowest BCUT2D eigenvalue weighted by molar-refractivity contribution is -0.139. The van der Waals surface area contributed by atoms with E-state index in [1.807, 2.05) is 0 Å². The van der Waals surface area contributed by atoms with Gasteiger partial charge < -0.3 is 4.74 Å². The summed E-state index contributed by atoms with van der Waals surface area (Å²) in [5, 5.41) is 2.38. The number of anilines is 1. The Kier molecular flexibility index (Phi) is 4.74. The monoisotopic (exact) mass is 341 g/mol. The first kappa shape index (κ1) is 16.1. The summed E-state index contributed by atoms with van der Waals surface area (Å²) in [7, 11) is 0. The van der Waals surface area contributed by atoms with Crippen molar-refractivity contribution in [3.05, 3.63) is 22.3 Å².